The zero-order valence-electron chi connectivity index (χ0n) is 10.8. The van der Waals surface area contributed by atoms with E-state index < -0.39 is 0 Å². The van der Waals surface area contributed by atoms with E-state index >= 15 is 0 Å². The number of aromatic nitrogens is 1. The van der Waals surface area contributed by atoms with Crippen molar-refractivity contribution in [1.29, 1.82) is 0 Å². The van der Waals surface area contributed by atoms with Crippen molar-refractivity contribution in [3.05, 3.63) is 16.1 Å². The summed E-state index contributed by atoms with van der Waals surface area (Å²) in [6, 6.07) is 0. The smallest absolute Gasteiger partial charge is 0.294 e. The van der Waals surface area contributed by atoms with Gasteiger partial charge in [-0.1, -0.05) is 6.92 Å². The summed E-state index contributed by atoms with van der Waals surface area (Å²) in [6.45, 7) is 7.26. The van der Waals surface area contributed by atoms with Crippen LogP contribution < -0.4 is 11.3 Å². The molecule has 0 atom stereocenters. The van der Waals surface area contributed by atoms with E-state index in [4.69, 9.17) is 5.84 Å². The Morgan fingerprint density at radius 2 is 2.29 bits per heavy atom. The van der Waals surface area contributed by atoms with Crippen LogP contribution in [0, 0.1) is 0 Å². The zero-order chi connectivity index (χ0) is 13.1. The molecule has 17 heavy (non-hydrogen) atoms. The number of hydrazine groups is 1. The first-order chi connectivity index (χ1) is 7.90. The minimum absolute atomic E-state index is 0.125. The van der Waals surface area contributed by atoms with Gasteiger partial charge in [-0.15, -0.1) is 11.3 Å². The Bertz CT molecular complexity index is 389. The number of rotatable bonds is 5. The first-order valence-corrected chi connectivity index (χ1v) is 6.45. The topological polar surface area (TPSA) is 71.2 Å². The Morgan fingerprint density at radius 3 is 2.82 bits per heavy atom. The molecule has 0 spiro atoms. The third kappa shape index (κ3) is 3.49. The van der Waals surface area contributed by atoms with Crippen molar-refractivity contribution in [2.45, 2.75) is 39.3 Å². The summed E-state index contributed by atoms with van der Waals surface area (Å²) in [7, 11) is 2.06. The molecule has 0 aromatic carbocycles. The minimum Gasteiger partial charge on any atom is -0.295 e. The van der Waals surface area contributed by atoms with E-state index in [0.29, 0.717) is 5.01 Å². The summed E-state index contributed by atoms with van der Waals surface area (Å²) in [6.07, 6.45) is 1.06. The van der Waals surface area contributed by atoms with Crippen LogP contribution in [0.1, 0.15) is 42.7 Å². The van der Waals surface area contributed by atoms with Crippen LogP contribution in [0.2, 0.25) is 0 Å². The molecule has 0 unspecified atom stereocenters. The first-order valence-electron chi connectivity index (χ1n) is 5.57. The van der Waals surface area contributed by atoms with Gasteiger partial charge >= 0.3 is 0 Å². The highest BCUT2D eigenvalue weighted by Crippen LogP contribution is 2.20. The van der Waals surface area contributed by atoms with Crippen molar-refractivity contribution in [3.63, 3.8) is 0 Å². The third-order valence-corrected chi connectivity index (χ3v) is 4.06. The van der Waals surface area contributed by atoms with Gasteiger partial charge in [-0.2, -0.15) is 0 Å². The monoisotopic (exact) mass is 256 g/mol. The van der Waals surface area contributed by atoms with Gasteiger partial charge in [-0.3, -0.25) is 15.1 Å². The molecule has 0 aliphatic carbocycles. The number of nitrogens with one attached hydrogen (secondary N) is 1. The maximum absolute atomic E-state index is 11.3. The van der Waals surface area contributed by atoms with Gasteiger partial charge in [0.1, 0.15) is 0 Å². The van der Waals surface area contributed by atoms with Crippen LogP contribution in [0.5, 0.6) is 0 Å². The largest absolute Gasteiger partial charge is 0.295 e. The highest BCUT2D eigenvalue weighted by Gasteiger charge is 2.22. The highest BCUT2D eigenvalue weighted by atomic mass is 32.1. The number of thiazole rings is 1. The fourth-order valence-electron chi connectivity index (χ4n) is 1.27. The van der Waals surface area contributed by atoms with Gasteiger partial charge in [0.15, 0.2) is 5.01 Å². The zero-order valence-corrected chi connectivity index (χ0v) is 11.6. The van der Waals surface area contributed by atoms with Crippen LogP contribution in [-0.4, -0.2) is 28.4 Å². The molecule has 0 bridgehead atoms. The van der Waals surface area contributed by atoms with Crippen molar-refractivity contribution in [2.24, 2.45) is 5.84 Å². The number of hydrogen-bond acceptors (Lipinski definition) is 5. The minimum atomic E-state index is -0.335. The molecule has 0 aliphatic rings. The maximum atomic E-state index is 11.3. The molecule has 1 aromatic heterocycles. The molecule has 0 aliphatic heterocycles. The van der Waals surface area contributed by atoms with E-state index in [1.807, 2.05) is 5.38 Å². The molecular formula is C11H20N4OS. The van der Waals surface area contributed by atoms with E-state index in [0.717, 1.165) is 18.7 Å². The second-order valence-corrected chi connectivity index (χ2v) is 5.50. The Morgan fingerprint density at radius 1 is 1.65 bits per heavy atom. The van der Waals surface area contributed by atoms with Crippen LogP contribution in [-0.2, 0) is 6.54 Å². The molecule has 1 aromatic rings. The van der Waals surface area contributed by atoms with Crippen LogP contribution in [0.3, 0.4) is 0 Å². The lowest BCUT2D eigenvalue weighted by atomic mass is 10.00. The van der Waals surface area contributed by atoms with Crippen LogP contribution >= 0.6 is 11.3 Å². The molecule has 5 nitrogen and oxygen atoms in total. The van der Waals surface area contributed by atoms with E-state index in [2.05, 4.69) is 43.1 Å². The summed E-state index contributed by atoms with van der Waals surface area (Å²) in [4.78, 5) is 17.7. The van der Waals surface area contributed by atoms with Crippen LogP contribution in [0.4, 0.5) is 0 Å². The molecule has 1 amide bonds. The predicted molar refractivity (Wildman–Crippen MR) is 69.6 cm³/mol. The SMILES string of the molecule is CCC(C)(C)N(C)Cc1csc(C(=O)NN)n1. The van der Waals surface area contributed by atoms with Crippen molar-refractivity contribution in [2.75, 3.05) is 7.05 Å². The van der Waals surface area contributed by atoms with E-state index in [1.54, 1.807) is 0 Å². The van der Waals surface area contributed by atoms with Crippen molar-refractivity contribution < 1.29 is 4.79 Å². The Labute approximate surface area is 106 Å². The summed E-state index contributed by atoms with van der Waals surface area (Å²) in [5.74, 6) is 4.73. The second-order valence-electron chi connectivity index (χ2n) is 4.64. The Kier molecular flexibility index (Phi) is 4.62. The normalized spacial score (nSPS) is 11.9. The van der Waals surface area contributed by atoms with Crippen molar-refractivity contribution in [1.82, 2.24) is 15.3 Å². The fourth-order valence-corrected chi connectivity index (χ4v) is 1.98. The van der Waals surface area contributed by atoms with E-state index in [9.17, 15) is 4.79 Å². The average Bonchev–Trinajstić information content (AvgIpc) is 2.76. The summed E-state index contributed by atoms with van der Waals surface area (Å²) >= 11 is 1.31. The molecule has 96 valence electrons. The lowest BCUT2D eigenvalue weighted by molar-refractivity contribution is 0.0952. The second kappa shape index (κ2) is 5.57. The molecule has 3 N–H and O–H groups in total. The van der Waals surface area contributed by atoms with Crippen molar-refractivity contribution in [3.8, 4) is 0 Å². The summed E-state index contributed by atoms with van der Waals surface area (Å²) in [5.41, 5.74) is 3.11. The van der Waals surface area contributed by atoms with Crippen LogP contribution in [0.15, 0.2) is 5.38 Å². The molecule has 1 rings (SSSR count). The molecule has 0 radical (unpaired) electrons. The number of carbonyl (C=O) groups excluding carboxylic acids is 1. The first kappa shape index (κ1) is 14.1. The Balaban J connectivity index is 2.70. The molecular weight excluding hydrogens is 236 g/mol. The summed E-state index contributed by atoms with van der Waals surface area (Å²) < 4.78 is 0. The third-order valence-electron chi connectivity index (χ3n) is 3.17. The Hall–Kier alpha value is -0.980. The van der Waals surface area contributed by atoms with Crippen molar-refractivity contribution >= 4 is 17.2 Å². The highest BCUT2D eigenvalue weighted by molar-refractivity contribution is 7.11. The van der Waals surface area contributed by atoms with Gasteiger partial charge < -0.3 is 0 Å². The van der Waals surface area contributed by atoms with Gasteiger partial charge in [0.2, 0.25) is 0 Å². The van der Waals surface area contributed by atoms with E-state index in [1.165, 1.54) is 11.3 Å². The van der Waals surface area contributed by atoms with Gasteiger partial charge in [0.25, 0.3) is 5.91 Å². The number of nitrogen functional groups attached to an aromatic ring is 1. The lowest BCUT2D eigenvalue weighted by Crippen LogP contribution is -2.39. The lowest BCUT2D eigenvalue weighted by Gasteiger charge is -2.34. The molecule has 1 heterocycles. The molecule has 0 fully saturated rings. The number of nitrogens with two attached hydrogens (primary N) is 1. The number of hydrogen-bond donors (Lipinski definition) is 2. The standard InChI is InChI=1S/C11H20N4OS/c1-5-11(2,3)15(4)6-8-7-17-10(13-8)9(16)14-12/h7H,5-6,12H2,1-4H3,(H,14,16). The van der Waals surface area contributed by atoms with Gasteiger partial charge in [-0.25, -0.2) is 10.8 Å². The number of amides is 1. The number of carbonyl (C=O) groups is 1. The predicted octanol–water partition coefficient (Wildman–Crippen LogP) is 1.37. The molecule has 0 saturated heterocycles. The van der Waals surface area contributed by atoms with E-state index in [-0.39, 0.29) is 11.4 Å². The van der Waals surface area contributed by atoms with Crippen LogP contribution in [0.25, 0.3) is 0 Å². The quantitative estimate of drug-likeness (QED) is 0.474. The van der Waals surface area contributed by atoms with Gasteiger partial charge in [0.05, 0.1) is 5.69 Å². The number of nitrogens with zero attached hydrogens (tertiary/aromatic N) is 2. The summed E-state index contributed by atoms with van der Waals surface area (Å²) in [5, 5.41) is 2.30. The molecule has 0 saturated carbocycles. The average molecular weight is 256 g/mol. The van der Waals surface area contributed by atoms with Gasteiger partial charge in [0, 0.05) is 17.5 Å². The maximum Gasteiger partial charge on any atom is 0.294 e. The van der Waals surface area contributed by atoms with Gasteiger partial charge in [-0.05, 0) is 27.3 Å². The fraction of sp³-hybridized carbons (Fsp3) is 0.636. The molecule has 6 heteroatoms.